The molecule has 1 saturated carbocycles. The summed E-state index contributed by atoms with van der Waals surface area (Å²) in [6, 6.07) is 8.53. The maximum Gasteiger partial charge on any atom is 0.0958 e. The molecule has 0 radical (unpaired) electrons. The van der Waals surface area contributed by atoms with Crippen LogP contribution in [0, 0.1) is 11.8 Å². The van der Waals surface area contributed by atoms with Crippen molar-refractivity contribution in [3.63, 3.8) is 0 Å². The molecule has 3 heteroatoms. The molecule has 1 fully saturated rings. The lowest BCUT2D eigenvalue weighted by atomic mass is 9.79. The summed E-state index contributed by atoms with van der Waals surface area (Å²) in [7, 11) is 0. The Bertz CT molecular complexity index is 538. The number of nitrogens with two attached hydrogens (primary N) is 1. The molecular formula is C16H23N3. The molecule has 102 valence electrons. The van der Waals surface area contributed by atoms with E-state index < -0.39 is 0 Å². The highest BCUT2D eigenvalue weighted by molar-refractivity contribution is 5.74. The summed E-state index contributed by atoms with van der Waals surface area (Å²) < 4.78 is 2.21. The number of rotatable bonds is 3. The van der Waals surface area contributed by atoms with E-state index in [4.69, 9.17) is 5.73 Å². The van der Waals surface area contributed by atoms with Gasteiger partial charge in [-0.05, 0) is 36.8 Å². The van der Waals surface area contributed by atoms with E-state index in [0.717, 1.165) is 18.0 Å². The number of benzene rings is 1. The van der Waals surface area contributed by atoms with E-state index in [-0.39, 0.29) is 6.04 Å². The molecule has 0 aliphatic heterocycles. The van der Waals surface area contributed by atoms with Crippen LogP contribution in [-0.4, -0.2) is 15.6 Å². The molecule has 1 atom stereocenters. The van der Waals surface area contributed by atoms with E-state index in [1.165, 1.54) is 31.2 Å². The third kappa shape index (κ3) is 2.66. The molecule has 19 heavy (non-hydrogen) atoms. The highest BCUT2D eigenvalue weighted by Gasteiger charge is 2.24. The second-order valence-corrected chi connectivity index (χ2v) is 6.07. The summed E-state index contributed by atoms with van der Waals surface area (Å²) in [6.07, 6.45) is 7.17. The fourth-order valence-electron chi connectivity index (χ4n) is 3.25. The van der Waals surface area contributed by atoms with E-state index >= 15 is 0 Å². The van der Waals surface area contributed by atoms with Gasteiger partial charge in [0.25, 0.3) is 0 Å². The first-order chi connectivity index (χ1) is 9.24. The van der Waals surface area contributed by atoms with Gasteiger partial charge in [-0.2, -0.15) is 0 Å². The number of fused-ring (bicyclic) bond motifs is 1. The molecule has 1 heterocycles. The zero-order valence-electron chi connectivity index (χ0n) is 11.6. The number of hydrogen-bond acceptors (Lipinski definition) is 2. The van der Waals surface area contributed by atoms with Crippen LogP contribution in [-0.2, 0) is 6.54 Å². The molecule has 1 aliphatic carbocycles. The number of aromatic nitrogens is 2. The summed E-state index contributed by atoms with van der Waals surface area (Å²) in [5, 5.41) is 0. The molecule has 0 saturated heterocycles. The first-order valence-corrected chi connectivity index (χ1v) is 7.39. The number of imidazole rings is 1. The highest BCUT2D eigenvalue weighted by atomic mass is 15.1. The van der Waals surface area contributed by atoms with Crippen LogP contribution < -0.4 is 5.73 Å². The van der Waals surface area contributed by atoms with Crippen LogP contribution in [0.5, 0.6) is 0 Å². The van der Waals surface area contributed by atoms with Crippen molar-refractivity contribution >= 4 is 11.0 Å². The SMILES string of the molecule is CC1CCC(C(N)Cn2cnc3ccccc32)CC1. The summed E-state index contributed by atoms with van der Waals surface area (Å²) in [6.45, 7) is 3.24. The molecule has 3 nitrogen and oxygen atoms in total. The Morgan fingerprint density at radius 3 is 2.79 bits per heavy atom. The first-order valence-electron chi connectivity index (χ1n) is 7.39. The van der Waals surface area contributed by atoms with Gasteiger partial charge < -0.3 is 10.3 Å². The second-order valence-electron chi connectivity index (χ2n) is 6.07. The van der Waals surface area contributed by atoms with Gasteiger partial charge in [0.05, 0.1) is 17.4 Å². The zero-order valence-corrected chi connectivity index (χ0v) is 11.6. The van der Waals surface area contributed by atoms with Gasteiger partial charge >= 0.3 is 0 Å². The summed E-state index contributed by atoms with van der Waals surface area (Å²) in [5.41, 5.74) is 8.69. The van der Waals surface area contributed by atoms with Crippen molar-refractivity contribution in [3.8, 4) is 0 Å². The topological polar surface area (TPSA) is 43.8 Å². The van der Waals surface area contributed by atoms with Gasteiger partial charge in [0.2, 0.25) is 0 Å². The van der Waals surface area contributed by atoms with Crippen molar-refractivity contribution in [1.29, 1.82) is 0 Å². The van der Waals surface area contributed by atoms with Crippen LogP contribution >= 0.6 is 0 Å². The van der Waals surface area contributed by atoms with E-state index in [1.54, 1.807) is 0 Å². The molecule has 3 rings (SSSR count). The Kier molecular flexibility index (Phi) is 3.56. The fourth-order valence-corrected chi connectivity index (χ4v) is 3.25. The average Bonchev–Trinajstić information content (AvgIpc) is 2.83. The first kappa shape index (κ1) is 12.7. The molecule has 1 aromatic carbocycles. The fraction of sp³-hybridized carbons (Fsp3) is 0.562. The van der Waals surface area contributed by atoms with E-state index in [1.807, 2.05) is 12.4 Å². The molecule has 2 N–H and O–H groups in total. The number of nitrogens with zero attached hydrogens (tertiary/aromatic N) is 2. The van der Waals surface area contributed by atoms with Crippen molar-refractivity contribution in [2.75, 3.05) is 0 Å². The third-order valence-electron chi connectivity index (χ3n) is 4.60. The molecular weight excluding hydrogens is 234 g/mol. The van der Waals surface area contributed by atoms with E-state index in [9.17, 15) is 0 Å². The maximum atomic E-state index is 6.43. The van der Waals surface area contributed by atoms with Gasteiger partial charge in [0.1, 0.15) is 0 Å². The normalized spacial score (nSPS) is 25.6. The number of para-hydroxylation sites is 2. The molecule has 0 spiro atoms. The zero-order chi connectivity index (χ0) is 13.2. The third-order valence-corrected chi connectivity index (χ3v) is 4.60. The van der Waals surface area contributed by atoms with Crippen LogP contribution in [0.1, 0.15) is 32.6 Å². The van der Waals surface area contributed by atoms with Gasteiger partial charge in [0, 0.05) is 12.6 Å². The largest absolute Gasteiger partial charge is 0.329 e. The molecule has 0 bridgehead atoms. The minimum atomic E-state index is 0.255. The lowest BCUT2D eigenvalue weighted by Gasteiger charge is -2.30. The Morgan fingerprint density at radius 1 is 1.26 bits per heavy atom. The minimum Gasteiger partial charge on any atom is -0.329 e. The lowest BCUT2D eigenvalue weighted by Crippen LogP contribution is -2.36. The van der Waals surface area contributed by atoms with Crippen LogP contribution in [0.2, 0.25) is 0 Å². The van der Waals surface area contributed by atoms with E-state index in [0.29, 0.717) is 5.92 Å². The second kappa shape index (κ2) is 5.33. The smallest absolute Gasteiger partial charge is 0.0958 e. The Labute approximate surface area is 114 Å². The van der Waals surface area contributed by atoms with Crippen molar-refractivity contribution in [2.45, 2.75) is 45.2 Å². The quantitative estimate of drug-likeness (QED) is 0.917. The molecule has 1 aromatic heterocycles. The highest BCUT2D eigenvalue weighted by Crippen LogP contribution is 2.30. The summed E-state index contributed by atoms with van der Waals surface area (Å²) in [4.78, 5) is 4.44. The molecule has 2 aromatic rings. The van der Waals surface area contributed by atoms with E-state index in [2.05, 4.69) is 34.7 Å². The van der Waals surface area contributed by atoms with Crippen LogP contribution in [0.3, 0.4) is 0 Å². The van der Waals surface area contributed by atoms with Gasteiger partial charge in [-0.25, -0.2) is 4.98 Å². The van der Waals surface area contributed by atoms with Gasteiger partial charge in [0.15, 0.2) is 0 Å². The summed E-state index contributed by atoms with van der Waals surface area (Å²) >= 11 is 0. The van der Waals surface area contributed by atoms with Gasteiger partial charge in [-0.1, -0.05) is 31.9 Å². The Hall–Kier alpha value is -1.35. The number of hydrogen-bond donors (Lipinski definition) is 1. The average molecular weight is 257 g/mol. The molecule has 0 amide bonds. The predicted molar refractivity (Wildman–Crippen MR) is 78.8 cm³/mol. The van der Waals surface area contributed by atoms with Gasteiger partial charge in [-0.3, -0.25) is 0 Å². The molecule has 1 aliphatic rings. The Balaban J connectivity index is 1.70. The lowest BCUT2D eigenvalue weighted by molar-refractivity contribution is 0.242. The van der Waals surface area contributed by atoms with Crippen LogP contribution in [0.4, 0.5) is 0 Å². The van der Waals surface area contributed by atoms with Crippen LogP contribution in [0.15, 0.2) is 30.6 Å². The van der Waals surface area contributed by atoms with Crippen molar-refractivity contribution in [1.82, 2.24) is 9.55 Å². The standard InChI is InChI=1S/C16H23N3/c1-12-6-8-13(9-7-12)14(17)10-19-11-18-15-4-2-3-5-16(15)19/h2-5,11-14H,6-10,17H2,1H3. The van der Waals surface area contributed by atoms with Crippen molar-refractivity contribution in [3.05, 3.63) is 30.6 Å². The minimum absolute atomic E-state index is 0.255. The van der Waals surface area contributed by atoms with Crippen LogP contribution in [0.25, 0.3) is 11.0 Å². The van der Waals surface area contributed by atoms with Crippen molar-refractivity contribution < 1.29 is 0 Å². The van der Waals surface area contributed by atoms with Crippen molar-refractivity contribution in [2.24, 2.45) is 17.6 Å². The predicted octanol–water partition coefficient (Wildman–Crippen LogP) is 3.19. The maximum absolute atomic E-state index is 6.43. The monoisotopic (exact) mass is 257 g/mol. The summed E-state index contributed by atoms with van der Waals surface area (Å²) in [5.74, 6) is 1.56. The van der Waals surface area contributed by atoms with Gasteiger partial charge in [-0.15, -0.1) is 0 Å². The molecule has 1 unspecified atom stereocenters. The Morgan fingerprint density at radius 2 is 2.00 bits per heavy atom.